The van der Waals surface area contributed by atoms with Crippen LogP contribution >= 0.6 is 15.9 Å². The Morgan fingerprint density at radius 1 is 1.39 bits per heavy atom. The van der Waals surface area contributed by atoms with E-state index in [-0.39, 0.29) is 5.91 Å². The first-order valence-corrected chi connectivity index (χ1v) is 7.24. The summed E-state index contributed by atoms with van der Waals surface area (Å²) in [5.41, 5.74) is 1.83. The number of halogens is 1. The molecule has 0 bridgehead atoms. The molecule has 4 heteroatoms. The molecule has 1 unspecified atom stereocenters. The van der Waals surface area contributed by atoms with Crippen molar-refractivity contribution in [2.45, 2.75) is 32.2 Å². The van der Waals surface area contributed by atoms with Gasteiger partial charge in [0, 0.05) is 16.1 Å². The Labute approximate surface area is 116 Å². The number of hydrogen-bond donors (Lipinski definition) is 2. The van der Waals surface area contributed by atoms with Crippen LogP contribution in [0.1, 0.15) is 35.2 Å². The van der Waals surface area contributed by atoms with Gasteiger partial charge in [0.1, 0.15) is 0 Å². The number of carbonyl (C=O) groups excluding carboxylic acids is 1. The third-order valence-electron chi connectivity index (χ3n) is 3.33. The van der Waals surface area contributed by atoms with Crippen LogP contribution in [-0.4, -0.2) is 25.0 Å². The Kier molecular flexibility index (Phi) is 4.78. The van der Waals surface area contributed by atoms with Crippen LogP contribution in [0.15, 0.2) is 22.7 Å². The number of amides is 1. The molecule has 0 radical (unpaired) electrons. The van der Waals surface area contributed by atoms with Crippen molar-refractivity contribution in [2.24, 2.45) is 0 Å². The number of nitrogens with one attached hydrogen (secondary N) is 2. The molecule has 1 amide bonds. The van der Waals surface area contributed by atoms with E-state index in [0.717, 1.165) is 48.0 Å². The van der Waals surface area contributed by atoms with Crippen molar-refractivity contribution >= 4 is 21.8 Å². The lowest BCUT2D eigenvalue weighted by molar-refractivity contribution is 0.0934. The lowest BCUT2D eigenvalue weighted by atomic mass is 10.1. The van der Waals surface area contributed by atoms with Gasteiger partial charge in [-0.05, 0) is 63.0 Å². The van der Waals surface area contributed by atoms with Crippen LogP contribution in [0, 0.1) is 6.92 Å². The molecule has 1 aromatic rings. The minimum absolute atomic E-state index is 0.0394. The fraction of sp³-hybridized carbons (Fsp3) is 0.500. The summed E-state index contributed by atoms with van der Waals surface area (Å²) in [4.78, 5) is 12.1. The topological polar surface area (TPSA) is 41.1 Å². The molecule has 1 atom stereocenters. The Morgan fingerprint density at radius 3 is 3.00 bits per heavy atom. The van der Waals surface area contributed by atoms with E-state index >= 15 is 0 Å². The van der Waals surface area contributed by atoms with E-state index in [4.69, 9.17) is 0 Å². The van der Waals surface area contributed by atoms with Gasteiger partial charge in [0.25, 0.3) is 5.91 Å². The molecular weight excluding hydrogens is 292 g/mol. The van der Waals surface area contributed by atoms with Gasteiger partial charge in [0.05, 0.1) is 0 Å². The van der Waals surface area contributed by atoms with Crippen molar-refractivity contribution < 1.29 is 4.79 Å². The molecule has 1 aliphatic rings. The molecule has 1 heterocycles. The normalized spacial score (nSPS) is 20.2. The smallest absolute Gasteiger partial charge is 0.251 e. The zero-order chi connectivity index (χ0) is 13.0. The molecule has 98 valence electrons. The number of aryl methyl sites for hydroxylation is 1. The largest absolute Gasteiger partial charge is 0.349 e. The minimum atomic E-state index is 0.0394. The molecule has 0 aromatic heterocycles. The summed E-state index contributed by atoms with van der Waals surface area (Å²) in [6, 6.07) is 6.02. The summed E-state index contributed by atoms with van der Waals surface area (Å²) in [6.07, 6.45) is 3.21. The van der Waals surface area contributed by atoms with E-state index in [2.05, 4.69) is 26.6 Å². The fourth-order valence-corrected chi connectivity index (χ4v) is 2.46. The Morgan fingerprint density at radius 2 is 2.22 bits per heavy atom. The van der Waals surface area contributed by atoms with Gasteiger partial charge in [0.2, 0.25) is 0 Å². The van der Waals surface area contributed by atoms with Gasteiger partial charge >= 0.3 is 0 Å². The van der Waals surface area contributed by atoms with Gasteiger partial charge in [-0.15, -0.1) is 0 Å². The number of benzene rings is 1. The molecule has 1 aliphatic heterocycles. The molecule has 2 N–H and O–H groups in total. The molecule has 1 aromatic carbocycles. The van der Waals surface area contributed by atoms with Crippen LogP contribution in [0.3, 0.4) is 0 Å². The Bertz CT molecular complexity index is 426. The summed E-state index contributed by atoms with van der Waals surface area (Å²) >= 11 is 3.45. The summed E-state index contributed by atoms with van der Waals surface area (Å²) in [6.45, 7) is 4.05. The maximum Gasteiger partial charge on any atom is 0.251 e. The molecular formula is C14H19BrN2O. The predicted octanol–water partition coefficient (Wildman–Crippen LogP) is 2.63. The van der Waals surface area contributed by atoms with Crippen molar-refractivity contribution in [3.63, 3.8) is 0 Å². The van der Waals surface area contributed by atoms with E-state index in [1.54, 1.807) is 0 Å². The van der Waals surface area contributed by atoms with Crippen molar-refractivity contribution in [1.29, 1.82) is 0 Å². The van der Waals surface area contributed by atoms with Crippen LogP contribution in [0.4, 0.5) is 0 Å². The quantitative estimate of drug-likeness (QED) is 0.881. The maximum atomic E-state index is 12.1. The highest BCUT2D eigenvalue weighted by molar-refractivity contribution is 9.10. The first kappa shape index (κ1) is 13.6. The number of rotatable bonds is 2. The third-order valence-corrected chi connectivity index (χ3v) is 4.22. The van der Waals surface area contributed by atoms with Gasteiger partial charge in [-0.25, -0.2) is 0 Å². The van der Waals surface area contributed by atoms with Gasteiger partial charge in [-0.2, -0.15) is 0 Å². The molecule has 3 nitrogen and oxygen atoms in total. The first-order valence-electron chi connectivity index (χ1n) is 6.44. The fourth-order valence-electron chi connectivity index (χ4n) is 2.22. The van der Waals surface area contributed by atoms with Gasteiger partial charge in [-0.1, -0.05) is 15.9 Å². The summed E-state index contributed by atoms with van der Waals surface area (Å²) in [5.74, 6) is 0.0394. The Hall–Kier alpha value is -0.870. The summed E-state index contributed by atoms with van der Waals surface area (Å²) in [7, 11) is 0. The summed E-state index contributed by atoms with van der Waals surface area (Å²) < 4.78 is 1.04. The third kappa shape index (κ3) is 3.56. The zero-order valence-electron chi connectivity index (χ0n) is 10.6. The van der Waals surface area contributed by atoms with E-state index in [9.17, 15) is 4.79 Å². The lowest BCUT2D eigenvalue weighted by Crippen LogP contribution is -2.35. The van der Waals surface area contributed by atoms with Crippen LogP contribution in [-0.2, 0) is 0 Å². The average molecular weight is 311 g/mol. The van der Waals surface area contributed by atoms with Crippen molar-refractivity contribution in [1.82, 2.24) is 10.6 Å². The molecule has 0 spiro atoms. The predicted molar refractivity (Wildman–Crippen MR) is 76.9 cm³/mol. The zero-order valence-corrected chi connectivity index (χ0v) is 12.2. The maximum absolute atomic E-state index is 12.1. The number of carbonyl (C=O) groups is 1. The monoisotopic (exact) mass is 310 g/mol. The van der Waals surface area contributed by atoms with E-state index in [0.29, 0.717) is 6.04 Å². The van der Waals surface area contributed by atoms with Gasteiger partial charge < -0.3 is 10.6 Å². The van der Waals surface area contributed by atoms with Crippen LogP contribution in [0.25, 0.3) is 0 Å². The first-order chi connectivity index (χ1) is 8.66. The second-order valence-corrected chi connectivity index (χ2v) is 5.67. The standard InChI is InChI=1S/C14H19BrN2O/c1-10-9-11(4-5-13(10)15)14(18)17-12-3-2-7-16-8-6-12/h4-5,9,12,16H,2-3,6-8H2,1H3,(H,17,18). The van der Waals surface area contributed by atoms with E-state index in [1.807, 2.05) is 25.1 Å². The Balaban J connectivity index is 1.99. The molecule has 1 saturated heterocycles. The van der Waals surface area contributed by atoms with Gasteiger partial charge in [-0.3, -0.25) is 4.79 Å². The van der Waals surface area contributed by atoms with Crippen LogP contribution in [0.5, 0.6) is 0 Å². The van der Waals surface area contributed by atoms with Crippen molar-refractivity contribution in [2.75, 3.05) is 13.1 Å². The van der Waals surface area contributed by atoms with E-state index < -0.39 is 0 Å². The highest BCUT2D eigenvalue weighted by Crippen LogP contribution is 2.17. The molecule has 2 rings (SSSR count). The summed E-state index contributed by atoms with van der Waals surface area (Å²) in [5, 5.41) is 6.48. The van der Waals surface area contributed by atoms with E-state index in [1.165, 1.54) is 0 Å². The minimum Gasteiger partial charge on any atom is -0.349 e. The SMILES string of the molecule is Cc1cc(C(=O)NC2CCCNCC2)ccc1Br. The molecule has 18 heavy (non-hydrogen) atoms. The van der Waals surface area contributed by atoms with Gasteiger partial charge in [0.15, 0.2) is 0 Å². The second kappa shape index (κ2) is 6.34. The highest BCUT2D eigenvalue weighted by Gasteiger charge is 2.15. The van der Waals surface area contributed by atoms with Crippen molar-refractivity contribution in [3.05, 3.63) is 33.8 Å². The molecule has 0 saturated carbocycles. The average Bonchev–Trinajstić information content (AvgIpc) is 2.61. The molecule has 0 aliphatic carbocycles. The van der Waals surface area contributed by atoms with Crippen LogP contribution < -0.4 is 10.6 Å². The number of hydrogen-bond acceptors (Lipinski definition) is 2. The van der Waals surface area contributed by atoms with Crippen molar-refractivity contribution in [3.8, 4) is 0 Å². The molecule has 1 fully saturated rings. The second-order valence-electron chi connectivity index (χ2n) is 4.82. The van der Waals surface area contributed by atoms with Crippen LogP contribution in [0.2, 0.25) is 0 Å². The highest BCUT2D eigenvalue weighted by atomic mass is 79.9. The lowest BCUT2D eigenvalue weighted by Gasteiger charge is -2.16.